The SMILES string of the molecule is CC(=O)N[C@@H](C)C(=O)SCP(c1ccc(Cl)cc1)c1ccc(Cl)cc1. The zero-order valence-corrected chi connectivity index (χ0v) is 17.1. The zero-order valence-electron chi connectivity index (χ0n) is 13.8. The summed E-state index contributed by atoms with van der Waals surface area (Å²) in [7, 11) is -0.741. The molecule has 1 amide bonds. The largest absolute Gasteiger partial charge is 0.346 e. The third-order valence-corrected chi connectivity index (χ3v) is 7.92. The van der Waals surface area contributed by atoms with E-state index in [4.69, 9.17) is 23.2 Å². The molecule has 0 radical (unpaired) electrons. The molecule has 3 nitrogen and oxygen atoms in total. The number of halogens is 2. The molecule has 1 atom stereocenters. The van der Waals surface area contributed by atoms with Crippen molar-refractivity contribution in [2.45, 2.75) is 19.9 Å². The van der Waals surface area contributed by atoms with Crippen molar-refractivity contribution in [3.8, 4) is 0 Å². The topological polar surface area (TPSA) is 46.2 Å². The number of benzene rings is 2. The van der Waals surface area contributed by atoms with Crippen LogP contribution < -0.4 is 15.9 Å². The molecule has 2 aromatic rings. The van der Waals surface area contributed by atoms with Crippen molar-refractivity contribution < 1.29 is 9.59 Å². The van der Waals surface area contributed by atoms with Gasteiger partial charge < -0.3 is 5.32 Å². The fraction of sp³-hybridized carbons (Fsp3) is 0.222. The highest BCUT2D eigenvalue weighted by Crippen LogP contribution is 2.38. The third kappa shape index (κ3) is 6.31. The van der Waals surface area contributed by atoms with E-state index in [9.17, 15) is 9.59 Å². The molecule has 2 rings (SSSR count). The minimum absolute atomic E-state index is 0.0503. The van der Waals surface area contributed by atoms with Crippen LogP contribution in [-0.4, -0.2) is 22.6 Å². The van der Waals surface area contributed by atoms with E-state index in [0.29, 0.717) is 15.5 Å². The molecule has 0 saturated carbocycles. The number of amides is 1. The van der Waals surface area contributed by atoms with Crippen LogP contribution in [0, 0.1) is 0 Å². The summed E-state index contributed by atoms with van der Waals surface area (Å²) < 4.78 is 0. The first-order valence-electron chi connectivity index (χ1n) is 7.59. The maximum absolute atomic E-state index is 12.3. The molecule has 0 unspecified atom stereocenters. The van der Waals surface area contributed by atoms with E-state index in [1.165, 1.54) is 18.7 Å². The van der Waals surface area contributed by atoms with Gasteiger partial charge in [-0.05, 0) is 49.7 Å². The lowest BCUT2D eigenvalue weighted by molar-refractivity contribution is -0.122. The van der Waals surface area contributed by atoms with E-state index in [1.54, 1.807) is 6.92 Å². The number of thioether (sulfide) groups is 1. The van der Waals surface area contributed by atoms with E-state index in [2.05, 4.69) is 5.32 Å². The molecule has 2 aromatic carbocycles. The number of nitrogens with one attached hydrogen (secondary N) is 1. The van der Waals surface area contributed by atoms with Gasteiger partial charge in [0, 0.05) is 22.5 Å². The molecule has 0 aliphatic heterocycles. The van der Waals surface area contributed by atoms with Crippen molar-refractivity contribution in [1.82, 2.24) is 5.32 Å². The average molecular weight is 414 g/mol. The van der Waals surface area contributed by atoms with Crippen LogP contribution in [0.3, 0.4) is 0 Å². The van der Waals surface area contributed by atoms with Gasteiger partial charge in [0.05, 0.1) is 6.04 Å². The van der Waals surface area contributed by atoms with Crippen LogP contribution in [0.25, 0.3) is 0 Å². The van der Waals surface area contributed by atoms with Crippen LogP contribution in [0.4, 0.5) is 0 Å². The first kappa shape index (κ1) is 20.3. The van der Waals surface area contributed by atoms with Gasteiger partial charge in [-0.15, -0.1) is 0 Å². The predicted molar refractivity (Wildman–Crippen MR) is 110 cm³/mol. The van der Waals surface area contributed by atoms with Gasteiger partial charge in [0.15, 0.2) is 0 Å². The lowest BCUT2D eigenvalue weighted by Crippen LogP contribution is -2.35. The normalized spacial score (nSPS) is 12.0. The fourth-order valence-corrected chi connectivity index (χ4v) is 6.25. The molecular weight excluding hydrogens is 396 g/mol. The Kier molecular flexibility index (Phi) is 7.77. The molecule has 25 heavy (non-hydrogen) atoms. The molecule has 0 bridgehead atoms. The molecule has 132 valence electrons. The minimum atomic E-state index is -0.741. The Balaban J connectivity index is 2.17. The van der Waals surface area contributed by atoms with E-state index in [1.807, 2.05) is 48.5 Å². The van der Waals surface area contributed by atoms with Crippen LogP contribution in [0.1, 0.15) is 13.8 Å². The molecule has 1 N–H and O–H groups in total. The van der Waals surface area contributed by atoms with E-state index in [-0.39, 0.29) is 11.0 Å². The van der Waals surface area contributed by atoms with Crippen LogP contribution in [0.5, 0.6) is 0 Å². The third-order valence-electron chi connectivity index (χ3n) is 3.39. The lowest BCUT2D eigenvalue weighted by atomic mass is 10.4. The Morgan fingerprint density at radius 2 is 1.44 bits per heavy atom. The van der Waals surface area contributed by atoms with Crippen LogP contribution in [0.2, 0.25) is 10.0 Å². The zero-order chi connectivity index (χ0) is 18.4. The second kappa shape index (κ2) is 9.59. The second-order valence-corrected chi connectivity index (χ2v) is 9.88. The van der Waals surface area contributed by atoms with Crippen LogP contribution >= 0.6 is 42.9 Å². The maximum Gasteiger partial charge on any atom is 0.217 e. The fourth-order valence-electron chi connectivity index (χ4n) is 2.16. The quantitative estimate of drug-likeness (QED) is 0.722. The van der Waals surface area contributed by atoms with E-state index in [0.717, 1.165) is 10.6 Å². The summed E-state index contributed by atoms with van der Waals surface area (Å²) in [5.74, 6) is -0.209. The second-order valence-electron chi connectivity index (χ2n) is 5.40. The molecule has 0 heterocycles. The molecule has 0 aliphatic carbocycles. The van der Waals surface area contributed by atoms with Crippen molar-refractivity contribution in [2.24, 2.45) is 0 Å². The van der Waals surface area contributed by atoms with Gasteiger partial charge in [-0.25, -0.2) is 0 Å². The first-order valence-corrected chi connectivity index (χ1v) is 10.9. The van der Waals surface area contributed by atoms with Crippen molar-refractivity contribution in [3.63, 3.8) is 0 Å². The first-order chi connectivity index (χ1) is 11.9. The highest BCUT2D eigenvalue weighted by atomic mass is 35.5. The highest BCUT2D eigenvalue weighted by molar-refractivity contribution is 8.18. The number of carbonyl (C=O) groups excluding carboxylic acids is 2. The Bertz CT molecular complexity index is 692. The number of hydrogen-bond acceptors (Lipinski definition) is 3. The summed E-state index contributed by atoms with van der Waals surface area (Å²) in [6.45, 7) is 3.10. The highest BCUT2D eigenvalue weighted by Gasteiger charge is 2.19. The molecule has 0 aliphatic rings. The Morgan fingerprint density at radius 3 is 1.84 bits per heavy atom. The van der Waals surface area contributed by atoms with Gasteiger partial charge in [0.2, 0.25) is 11.0 Å². The Hall–Kier alpha value is -1.06. The number of carbonyl (C=O) groups is 2. The van der Waals surface area contributed by atoms with Gasteiger partial charge >= 0.3 is 0 Å². The van der Waals surface area contributed by atoms with E-state index < -0.39 is 14.0 Å². The van der Waals surface area contributed by atoms with Crippen molar-refractivity contribution in [1.29, 1.82) is 0 Å². The van der Waals surface area contributed by atoms with E-state index >= 15 is 0 Å². The standard InChI is InChI=1S/C18H18Cl2NO2PS/c1-12(21-13(2)22)18(23)25-11-24(16-7-3-14(19)4-8-16)17-9-5-15(20)6-10-17/h3-10,12H,11H2,1-2H3,(H,21,22)/t12-/m0/s1. The Labute approximate surface area is 163 Å². The molecular formula is C18H18Cl2NO2PS. The number of rotatable bonds is 6. The summed E-state index contributed by atoms with van der Waals surface area (Å²) >= 11 is 13.2. The van der Waals surface area contributed by atoms with Gasteiger partial charge in [-0.3, -0.25) is 9.59 Å². The molecule has 7 heteroatoms. The van der Waals surface area contributed by atoms with Gasteiger partial charge in [-0.2, -0.15) is 0 Å². The van der Waals surface area contributed by atoms with Crippen molar-refractivity contribution in [2.75, 3.05) is 5.49 Å². The maximum atomic E-state index is 12.3. The smallest absolute Gasteiger partial charge is 0.217 e. The van der Waals surface area contributed by atoms with Crippen LogP contribution in [0.15, 0.2) is 48.5 Å². The molecule has 0 aromatic heterocycles. The summed E-state index contributed by atoms with van der Waals surface area (Å²) in [4.78, 5) is 23.4. The monoisotopic (exact) mass is 413 g/mol. The average Bonchev–Trinajstić information content (AvgIpc) is 2.57. The number of hydrogen-bond donors (Lipinski definition) is 1. The minimum Gasteiger partial charge on any atom is -0.346 e. The summed E-state index contributed by atoms with van der Waals surface area (Å²) in [6.07, 6.45) is 0. The lowest BCUT2D eigenvalue weighted by Gasteiger charge is -2.19. The van der Waals surface area contributed by atoms with Crippen molar-refractivity contribution >= 4 is 64.5 Å². The Morgan fingerprint density at radius 1 is 1.00 bits per heavy atom. The summed E-state index contributed by atoms with van der Waals surface area (Å²) in [5, 5.41) is 6.20. The molecule has 0 saturated heterocycles. The molecule has 0 fully saturated rings. The molecule has 0 spiro atoms. The predicted octanol–water partition coefficient (Wildman–Crippen LogP) is 4.17. The van der Waals surface area contributed by atoms with Gasteiger partial charge in [0.25, 0.3) is 0 Å². The van der Waals surface area contributed by atoms with Crippen molar-refractivity contribution in [3.05, 3.63) is 58.6 Å². The van der Waals surface area contributed by atoms with Gasteiger partial charge in [0.1, 0.15) is 0 Å². The van der Waals surface area contributed by atoms with Gasteiger partial charge in [-0.1, -0.05) is 59.2 Å². The summed E-state index contributed by atoms with van der Waals surface area (Å²) in [5.41, 5.74) is 0.626. The van der Waals surface area contributed by atoms with Crippen LogP contribution in [-0.2, 0) is 9.59 Å². The summed E-state index contributed by atoms with van der Waals surface area (Å²) in [6, 6.07) is 14.9.